The molecule has 0 spiro atoms. The van der Waals surface area contributed by atoms with Gasteiger partial charge in [-0.25, -0.2) is 4.98 Å². The maximum Gasteiger partial charge on any atom is 0.306 e. The van der Waals surface area contributed by atoms with Crippen molar-refractivity contribution in [3.63, 3.8) is 0 Å². The molecule has 134 valence electrons. The Kier molecular flexibility index (Phi) is 4.71. The SMILES string of the molecule is O=C(O)C1CCC(NCc2ccc(-c3nc4ccccc4[nH]3)cc2)CC1. The molecule has 0 amide bonds. The predicted molar refractivity (Wildman–Crippen MR) is 102 cm³/mol. The van der Waals surface area contributed by atoms with Crippen LogP contribution in [0.4, 0.5) is 0 Å². The van der Waals surface area contributed by atoms with Crippen LogP contribution in [0.2, 0.25) is 0 Å². The van der Waals surface area contributed by atoms with E-state index < -0.39 is 5.97 Å². The Morgan fingerprint density at radius 1 is 1.08 bits per heavy atom. The van der Waals surface area contributed by atoms with Gasteiger partial charge in [0.25, 0.3) is 0 Å². The first-order valence-corrected chi connectivity index (χ1v) is 9.19. The fourth-order valence-electron chi connectivity index (χ4n) is 3.68. The maximum absolute atomic E-state index is 11.0. The minimum absolute atomic E-state index is 0.156. The van der Waals surface area contributed by atoms with E-state index in [0.29, 0.717) is 6.04 Å². The average Bonchev–Trinajstić information content (AvgIpc) is 3.11. The predicted octanol–water partition coefficient (Wildman–Crippen LogP) is 3.96. The van der Waals surface area contributed by atoms with Gasteiger partial charge in [0.1, 0.15) is 5.82 Å². The molecular formula is C21H23N3O2. The Bertz CT molecular complexity index is 860. The molecule has 4 rings (SSSR count). The lowest BCUT2D eigenvalue weighted by molar-refractivity contribution is -0.142. The summed E-state index contributed by atoms with van der Waals surface area (Å²) >= 11 is 0. The van der Waals surface area contributed by atoms with E-state index in [1.54, 1.807) is 0 Å². The molecule has 1 aliphatic carbocycles. The van der Waals surface area contributed by atoms with E-state index in [9.17, 15) is 4.79 Å². The van der Waals surface area contributed by atoms with Gasteiger partial charge in [0, 0.05) is 18.2 Å². The number of fused-ring (bicyclic) bond motifs is 1. The van der Waals surface area contributed by atoms with Gasteiger partial charge in [-0.2, -0.15) is 0 Å². The summed E-state index contributed by atoms with van der Waals surface area (Å²) in [5.74, 6) is 0.0819. The topological polar surface area (TPSA) is 78.0 Å². The highest BCUT2D eigenvalue weighted by molar-refractivity contribution is 5.79. The maximum atomic E-state index is 11.0. The first-order valence-electron chi connectivity index (χ1n) is 9.19. The van der Waals surface area contributed by atoms with Crippen LogP contribution in [-0.2, 0) is 11.3 Å². The minimum atomic E-state index is -0.648. The van der Waals surface area contributed by atoms with Crippen molar-refractivity contribution in [2.45, 2.75) is 38.3 Å². The van der Waals surface area contributed by atoms with Gasteiger partial charge in [-0.15, -0.1) is 0 Å². The van der Waals surface area contributed by atoms with Crippen LogP contribution in [0.25, 0.3) is 22.4 Å². The molecule has 1 aliphatic rings. The number of hydrogen-bond acceptors (Lipinski definition) is 3. The number of aromatic amines is 1. The van der Waals surface area contributed by atoms with E-state index >= 15 is 0 Å². The Balaban J connectivity index is 1.35. The number of benzene rings is 2. The lowest BCUT2D eigenvalue weighted by Crippen LogP contribution is -2.34. The Labute approximate surface area is 152 Å². The molecule has 0 saturated heterocycles. The summed E-state index contributed by atoms with van der Waals surface area (Å²) in [4.78, 5) is 19.0. The van der Waals surface area contributed by atoms with E-state index in [4.69, 9.17) is 5.11 Å². The number of para-hydroxylation sites is 2. The quantitative estimate of drug-likeness (QED) is 0.651. The first kappa shape index (κ1) is 16.8. The highest BCUT2D eigenvalue weighted by Gasteiger charge is 2.25. The molecule has 5 nitrogen and oxygen atoms in total. The van der Waals surface area contributed by atoms with Crippen molar-refractivity contribution in [3.05, 3.63) is 54.1 Å². The molecule has 0 atom stereocenters. The van der Waals surface area contributed by atoms with Crippen LogP contribution >= 0.6 is 0 Å². The molecule has 1 fully saturated rings. The third-order valence-electron chi connectivity index (χ3n) is 5.29. The number of carbonyl (C=O) groups is 1. The van der Waals surface area contributed by atoms with Gasteiger partial charge in [-0.05, 0) is 43.4 Å². The van der Waals surface area contributed by atoms with Gasteiger partial charge in [-0.3, -0.25) is 4.79 Å². The van der Waals surface area contributed by atoms with Crippen LogP contribution in [-0.4, -0.2) is 27.1 Å². The fraction of sp³-hybridized carbons (Fsp3) is 0.333. The zero-order valence-corrected chi connectivity index (χ0v) is 14.6. The standard InChI is InChI=1S/C21H23N3O2/c25-21(26)16-9-11-17(12-10-16)22-13-14-5-7-15(8-6-14)20-23-18-3-1-2-4-19(18)24-20/h1-8,16-17,22H,9-13H2,(H,23,24)(H,25,26). The summed E-state index contributed by atoms with van der Waals surface area (Å²) in [6.45, 7) is 0.808. The largest absolute Gasteiger partial charge is 0.481 e. The molecule has 3 N–H and O–H groups in total. The first-order chi connectivity index (χ1) is 12.7. The van der Waals surface area contributed by atoms with Gasteiger partial charge >= 0.3 is 5.97 Å². The molecule has 1 heterocycles. The molecule has 0 aliphatic heterocycles. The second-order valence-corrected chi connectivity index (χ2v) is 7.07. The molecule has 2 aromatic carbocycles. The summed E-state index contributed by atoms with van der Waals surface area (Å²) in [7, 11) is 0. The third-order valence-corrected chi connectivity index (χ3v) is 5.29. The number of imidazole rings is 1. The Morgan fingerprint density at radius 3 is 2.50 bits per heavy atom. The van der Waals surface area contributed by atoms with Crippen molar-refractivity contribution < 1.29 is 9.90 Å². The number of nitrogens with one attached hydrogen (secondary N) is 2. The smallest absolute Gasteiger partial charge is 0.306 e. The lowest BCUT2D eigenvalue weighted by Gasteiger charge is -2.27. The molecule has 0 unspecified atom stereocenters. The van der Waals surface area contributed by atoms with E-state index in [-0.39, 0.29) is 5.92 Å². The van der Waals surface area contributed by atoms with E-state index in [1.807, 2.05) is 24.3 Å². The van der Waals surface area contributed by atoms with Crippen LogP contribution < -0.4 is 5.32 Å². The van der Waals surface area contributed by atoms with Crippen molar-refractivity contribution >= 4 is 17.0 Å². The molecule has 0 bridgehead atoms. The van der Waals surface area contributed by atoms with E-state index in [2.05, 4.69) is 39.6 Å². The van der Waals surface area contributed by atoms with Crippen molar-refractivity contribution in [1.82, 2.24) is 15.3 Å². The molecule has 1 saturated carbocycles. The van der Waals surface area contributed by atoms with Crippen LogP contribution in [0.5, 0.6) is 0 Å². The van der Waals surface area contributed by atoms with Gasteiger partial charge in [-0.1, -0.05) is 36.4 Å². The zero-order chi connectivity index (χ0) is 17.9. The molecule has 1 aromatic heterocycles. The van der Waals surface area contributed by atoms with Crippen LogP contribution in [0.1, 0.15) is 31.2 Å². The Hall–Kier alpha value is -2.66. The number of aromatic nitrogens is 2. The summed E-state index contributed by atoms with van der Waals surface area (Å²) in [5.41, 5.74) is 4.33. The van der Waals surface area contributed by atoms with Gasteiger partial charge in [0.2, 0.25) is 0 Å². The number of carboxylic acid groups (broad SMARTS) is 1. The molecule has 5 heteroatoms. The highest BCUT2D eigenvalue weighted by atomic mass is 16.4. The molecular weight excluding hydrogens is 326 g/mol. The minimum Gasteiger partial charge on any atom is -0.481 e. The van der Waals surface area contributed by atoms with Crippen LogP contribution in [0, 0.1) is 5.92 Å². The second kappa shape index (κ2) is 7.30. The average molecular weight is 349 g/mol. The molecule has 26 heavy (non-hydrogen) atoms. The van der Waals surface area contributed by atoms with Gasteiger partial charge in [0.15, 0.2) is 0 Å². The highest BCUT2D eigenvalue weighted by Crippen LogP contribution is 2.25. The second-order valence-electron chi connectivity index (χ2n) is 7.07. The number of hydrogen-bond donors (Lipinski definition) is 3. The van der Waals surface area contributed by atoms with E-state index in [1.165, 1.54) is 5.56 Å². The van der Waals surface area contributed by atoms with Crippen LogP contribution in [0.15, 0.2) is 48.5 Å². The van der Waals surface area contributed by atoms with E-state index in [0.717, 1.165) is 54.6 Å². The van der Waals surface area contributed by atoms with Crippen molar-refractivity contribution in [2.75, 3.05) is 0 Å². The molecule has 0 radical (unpaired) electrons. The number of rotatable bonds is 5. The molecule has 3 aromatic rings. The number of carboxylic acids is 1. The van der Waals surface area contributed by atoms with Gasteiger partial charge in [0.05, 0.1) is 17.0 Å². The summed E-state index contributed by atoms with van der Waals surface area (Å²) < 4.78 is 0. The number of nitrogens with zero attached hydrogens (tertiary/aromatic N) is 1. The van der Waals surface area contributed by atoms with Crippen LogP contribution in [0.3, 0.4) is 0 Å². The summed E-state index contributed by atoms with van der Waals surface area (Å²) in [6, 6.07) is 16.9. The van der Waals surface area contributed by atoms with Crippen molar-refractivity contribution in [2.24, 2.45) is 5.92 Å². The summed E-state index contributed by atoms with van der Waals surface area (Å²) in [6.07, 6.45) is 3.43. The monoisotopic (exact) mass is 349 g/mol. The lowest BCUT2D eigenvalue weighted by atomic mass is 9.86. The Morgan fingerprint density at radius 2 is 1.81 bits per heavy atom. The van der Waals surface area contributed by atoms with Crippen molar-refractivity contribution in [1.29, 1.82) is 0 Å². The zero-order valence-electron chi connectivity index (χ0n) is 14.6. The van der Waals surface area contributed by atoms with Gasteiger partial charge < -0.3 is 15.4 Å². The normalized spacial score (nSPS) is 20.3. The fourth-order valence-corrected chi connectivity index (χ4v) is 3.68. The number of aliphatic carboxylic acids is 1. The number of H-pyrrole nitrogens is 1. The summed E-state index contributed by atoms with van der Waals surface area (Å²) in [5, 5.41) is 12.6. The van der Waals surface area contributed by atoms with Crippen molar-refractivity contribution in [3.8, 4) is 11.4 Å². The third kappa shape index (κ3) is 3.63.